The Balaban J connectivity index is 1.41. The van der Waals surface area contributed by atoms with E-state index in [1.165, 1.54) is 30.2 Å². The van der Waals surface area contributed by atoms with Crippen LogP contribution in [-0.2, 0) is 22.4 Å². The molecule has 0 aliphatic rings. The van der Waals surface area contributed by atoms with E-state index >= 15 is 0 Å². The van der Waals surface area contributed by atoms with Gasteiger partial charge in [0.05, 0.1) is 22.8 Å². The quantitative estimate of drug-likeness (QED) is 0.208. The first kappa shape index (κ1) is 30.9. The SMILES string of the molecule is Cc1ccc2c(C)ccc(OCc3c(Cl)ccc(N(C)C(=O)CNC(=O)/C=C/c4ccc(C(F)(F)F)cc4)c3Cl)c2n1. The zero-order valence-electron chi connectivity index (χ0n) is 22.9. The van der Waals surface area contributed by atoms with E-state index < -0.39 is 23.6 Å². The number of aryl methyl sites for hydroxylation is 2. The van der Waals surface area contributed by atoms with E-state index in [1.54, 1.807) is 12.1 Å². The maximum absolute atomic E-state index is 12.8. The third kappa shape index (κ3) is 7.21. The fourth-order valence-corrected chi connectivity index (χ4v) is 4.71. The Morgan fingerprint density at radius 2 is 1.71 bits per heavy atom. The summed E-state index contributed by atoms with van der Waals surface area (Å²) >= 11 is 13.1. The number of alkyl halides is 3. The van der Waals surface area contributed by atoms with Crippen molar-refractivity contribution in [2.24, 2.45) is 0 Å². The van der Waals surface area contributed by atoms with Gasteiger partial charge in [0.2, 0.25) is 11.8 Å². The van der Waals surface area contributed by atoms with Gasteiger partial charge in [-0.2, -0.15) is 13.2 Å². The molecule has 42 heavy (non-hydrogen) atoms. The number of fused-ring (bicyclic) bond motifs is 1. The molecule has 11 heteroatoms. The molecule has 1 heterocycles. The average Bonchev–Trinajstić information content (AvgIpc) is 2.95. The standard InChI is InChI=1S/C31H26Cl2F3N3O3/c1-18-4-14-26(30-22(18)11-5-19(2)38-30)42-17-23-24(32)12-13-25(29(23)33)39(3)28(41)16-37-27(40)15-8-20-6-9-21(10-7-20)31(34,35)36/h4-15H,16-17H2,1-3H3,(H,37,40)/b15-8+. The molecule has 0 saturated heterocycles. The van der Waals surface area contributed by atoms with E-state index in [1.807, 2.05) is 38.1 Å². The highest BCUT2D eigenvalue weighted by atomic mass is 35.5. The Kier molecular flexibility index (Phi) is 9.43. The molecule has 2 amide bonds. The van der Waals surface area contributed by atoms with Crippen molar-refractivity contribution in [3.05, 3.63) is 105 Å². The van der Waals surface area contributed by atoms with Gasteiger partial charge in [-0.15, -0.1) is 0 Å². The molecule has 0 aliphatic heterocycles. The molecule has 4 aromatic rings. The molecule has 3 aromatic carbocycles. The number of amides is 2. The molecular weight excluding hydrogens is 590 g/mol. The number of carbonyl (C=O) groups is 2. The van der Waals surface area contributed by atoms with Crippen molar-refractivity contribution in [1.29, 1.82) is 0 Å². The molecule has 1 N–H and O–H groups in total. The smallest absolute Gasteiger partial charge is 0.416 e. The zero-order valence-corrected chi connectivity index (χ0v) is 24.4. The molecule has 0 aliphatic carbocycles. The van der Waals surface area contributed by atoms with Gasteiger partial charge >= 0.3 is 6.18 Å². The number of rotatable bonds is 8. The molecule has 0 bridgehead atoms. The Labute approximate surface area is 250 Å². The van der Waals surface area contributed by atoms with E-state index in [4.69, 9.17) is 27.9 Å². The van der Waals surface area contributed by atoms with Crippen molar-refractivity contribution < 1.29 is 27.5 Å². The maximum Gasteiger partial charge on any atom is 0.416 e. The highest BCUT2D eigenvalue weighted by molar-refractivity contribution is 6.38. The van der Waals surface area contributed by atoms with Gasteiger partial charge < -0.3 is 15.0 Å². The minimum absolute atomic E-state index is 0.0206. The third-order valence-corrected chi connectivity index (χ3v) is 7.31. The largest absolute Gasteiger partial charge is 0.487 e. The number of likely N-dealkylation sites (N-methyl/N-ethyl adjacent to an activating group) is 1. The van der Waals surface area contributed by atoms with Gasteiger partial charge in [-0.1, -0.05) is 47.5 Å². The van der Waals surface area contributed by atoms with Crippen molar-refractivity contribution in [3.63, 3.8) is 0 Å². The zero-order chi connectivity index (χ0) is 30.6. The van der Waals surface area contributed by atoms with Crippen LogP contribution in [0.3, 0.4) is 0 Å². The van der Waals surface area contributed by atoms with Crippen LogP contribution in [0.2, 0.25) is 10.0 Å². The summed E-state index contributed by atoms with van der Waals surface area (Å²) < 4.78 is 44.2. The topological polar surface area (TPSA) is 71.5 Å². The summed E-state index contributed by atoms with van der Waals surface area (Å²) in [7, 11) is 1.51. The number of ether oxygens (including phenoxy) is 1. The van der Waals surface area contributed by atoms with Crippen LogP contribution in [0.5, 0.6) is 5.75 Å². The van der Waals surface area contributed by atoms with Crippen LogP contribution < -0.4 is 15.0 Å². The van der Waals surface area contributed by atoms with Gasteiger partial charge in [-0.05, 0) is 67.4 Å². The second-order valence-corrected chi connectivity index (χ2v) is 10.3. The van der Waals surface area contributed by atoms with E-state index in [-0.39, 0.29) is 18.2 Å². The van der Waals surface area contributed by atoms with Gasteiger partial charge in [-0.3, -0.25) is 9.59 Å². The van der Waals surface area contributed by atoms with Crippen LogP contribution in [0, 0.1) is 13.8 Å². The summed E-state index contributed by atoms with van der Waals surface area (Å²) in [6.07, 6.45) is -1.97. The lowest BCUT2D eigenvalue weighted by Crippen LogP contribution is -2.37. The van der Waals surface area contributed by atoms with Gasteiger partial charge in [0.1, 0.15) is 17.9 Å². The fourth-order valence-electron chi connectivity index (χ4n) is 4.10. The second kappa shape index (κ2) is 12.8. The number of nitrogens with zero attached hydrogens (tertiary/aromatic N) is 2. The normalized spacial score (nSPS) is 11.6. The predicted molar refractivity (Wildman–Crippen MR) is 159 cm³/mol. The predicted octanol–water partition coefficient (Wildman–Crippen LogP) is 7.55. The van der Waals surface area contributed by atoms with Gasteiger partial charge in [0.25, 0.3) is 0 Å². The number of aromatic nitrogens is 1. The number of halogens is 5. The molecule has 0 saturated carbocycles. The van der Waals surface area contributed by atoms with Crippen molar-refractivity contribution in [2.75, 3.05) is 18.5 Å². The van der Waals surface area contributed by atoms with Crippen LogP contribution >= 0.6 is 23.2 Å². The van der Waals surface area contributed by atoms with Crippen molar-refractivity contribution in [1.82, 2.24) is 10.3 Å². The van der Waals surface area contributed by atoms with Crippen LogP contribution in [0.15, 0.2) is 66.7 Å². The summed E-state index contributed by atoms with van der Waals surface area (Å²) in [6, 6.07) is 15.2. The van der Waals surface area contributed by atoms with Gasteiger partial charge in [-0.25, -0.2) is 4.98 Å². The lowest BCUT2D eigenvalue weighted by Gasteiger charge is -2.21. The average molecular weight is 616 g/mol. The number of hydrogen-bond acceptors (Lipinski definition) is 4. The van der Waals surface area contributed by atoms with E-state index in [9.17, 15) is 22.8 Å². The molecular formula is C31H26Cl2F3N3O3. The highest BCUT2D eigenvalue weighted by Crippen LogP contribution is 2.36. The van der Waals surface area contributed by atoms with Crippen LogP contribution in [0.25, 0.3) is 17.0 Å². The summed E-state index contributed by atoms with van der Waals surface area (Å²) in [5, 5.41) is 3.99. The molecule has 1 aromatic heterocycles. The minimum atomic E-state index is -4.44. The Morgan fingerprint density at radius 3 is 2.40 bits per heavy atom. The third-order valence-electron chi connectivity index (χ3n) is 6.53. The minimum Gasteiger partial charge on any atom is -0.487 e. The number of anilines is 1. The maximum atomic E-state index is 12.8. The number of nitrogens with one attached hydrogen (secondary N) is 1. The summed E-state index contributed by atoms with van der Waals surface area (Å²) in [4.78, 5) is 31.0. The van der Waals surface area contributed by atoms with Crippen LogP contribution in [0.4, 0.5) is 18.9 Å². The van der Waals surface area contributed by atoms with Gasteiger partial charge in [0.15, 0.2) is 0 Å². The van der Waals surface area contributed by atoms with Gasteiger partial charge in [0, 0.05) is 34.8 Å². The van der Waals surface area contributed by atoms with Crippen LogP contribution in [-0.4, -0.2) is 30.4 Å². The number of hydrogen-bond donors (Lipinski definition) is 1. The monoisotopic (exact) mass is 615 g/mol. The number of carbonyl (C=O) groups excluding carboxylic acids is 2. The number of pyridine rings is 1. The lowest BCUT2D eigenvalue weighted by molar-refractivity contribution is -0.137. The Morgan fingerprint density at radius 1 is 1.00 bits per heavy atom. The molecule has 0 radical (unpaired) electrons. The van der Waals surface area contributed by atoms with Crippen molar-refractivity contribution in [2.45, 2.75) is 26.6 Å². The van der Waals surface area contributed by atoms with Crippen LogP contribution in [0.1, 0.15) is 27.9 Å². The van der Waals surface area contributed by atoms with E-state index in [2.05, 4.69) is 10.3 Å². The molecule has 0 fully saturated rings. The Bertz CT molecular complexity index is 1670. The first-order valence-corrected chi connectivity index (χ1v) is 13.5. The second-order valence-electron chi connectivity index (χ2n) is 9.50. The van der Waals surface area contributed by atoms with Crippen molar-refractivity contribution in [3.8, 4) is 5.75 Å². The van der Waals surface area contributed by atoms with Crippen molar-refractivity contribution >= 4 is 57.7 Å². The molecule has 0 spiro atoms. The molecule has 4 rings (SSSR count). The first-order valence-electron chi connectivity index (χ1n) is 12.7. The molecule has 218 valence electrons. The van der Waals surface area contributed by atoms with E-state index in [0.29, 0.717) is 33.1 Å². The Hall–Kier alpha value is -4.08. The number of benzene rings is 3. The summed E-state index contributed by atoms with van der Waals surface area (Å²) in [5.41, 5.74) is 3.07. The summed E-state index contributed by atoms with van der Waals surface area (Å²) in [5.74, 6) is -0.498. The highest BCUT2D eigenvalue weighted by Gasteiger charge is 2.29. The summed E-state index contributed by atoms with van der Waals surface area (Å²) in [6.45, 7) is 3.56. The first-order chi connectivity index (χ1) is 19.8. The van der Waals surface area contributed by atoms with E-state index in [0.717, 1.165) is 34.9 Å². The molecule has 0 atom stereocenters. The fraction of sp³-hybridized carbons (Fsp3) is 0.194. The molecule has 0 unspecified atom stereocenters. The lowest BCUT2D eigenvalue weighted by atomic mass is 10.1. The molecule has 6 nitrogen and oxygen atoms in total.